The second-order valence-electron chi connectivity index (χ2n) is 5.74. The lowest BCUT2D eigenvalue weighted by atomic mass is 10.1. The average molecular weight is 356 g/mol. The highest BCUT2D eigenvalue weighted by Crippen LogP contribution is 2.36. The minimum Gasteiger partial charge on any atom is -0.375 e. The van der Waals surface area contributed by atoms with E-state index in [0.29, 0.717) is 6.54 Å². The zero-order chi connectivity index (χ0) is 17.6. The van der Waals surface area contributed by atoms with E-state index in [-0.39, 0.29) is 24.3 Å². The topological polar surface area (TPSA) is 67.4 Å². The van der Waals surface area contributed by atoms with Gasteiger partial charge in [0, 0.05) is 25.0 Å². The number of nitrogens with one attached hydrogen (secondary N) is 2. The van der Waals surface area contributed by atoms with Gasteiger partial charge in [0.1, 0.15) is 0 Å². The van der Waals surface area contributed by atoms with Gasteiger partial charge in [-0.05, 0) is 17.7 Å². The largest absolute Gasteiger partial charge is 0.375 e. The molecule has 2 unspecified atom stereocenters. The molecule has 5 nitrogen and oxygen atoms in total. The van der Waals surface area contributed by atoms with Crippen LogP contribution in [0.4, 0.5) is 5.69 Å². The molecule has 2 N–H and O–H groups in total. The maximum absolute atomic E-state index is 12.3. The van der Waals surface area contributed by atoms with Gasteiger partial charge < -0.3 is 15.4 Å². The van der Waals surface area contributed by atoms with Gasteiger partial charge in [0.2, 0.25) is 11.8 Å². The van der Waals surface area contributed by atoms with Crippen LogP contribution in [0, 0.1) is 0 Å². The first kappa shape index (κ1) is 17.5. The van der Waals surface area contributed by atoms with Crippen LogP contribution in [0.5, 0.6) is 0 Å². The number of para-hydroxylation sites is 1. The first-order chi connectivity index (χ1) is 12.2. The van der Waals surface area contributed by atoms with Crippen LogP contribution in [-0.2, 0) is 14.3 Å². The SMILES string of the molecule is COC(CNC(=O)CC1Sc2ccccc2NC1=O)c1ccccc1. The summed E-state index contributed by atoms with van der Waals surface area (Å²) >= 11 is 1.43. The zero-order valence-corrected chi connectivity index (χ0v) is 14.7. The Kier molecular flexibility index (Phi) is 5.73. The molecule has 0 bridgehead atoms. The number of benzene rings is 2. The van der Waals surface area contributed by atoms with Crippen molar-refractivity contribution < 1.29 is 14.3 Å². The number of rotatable bonds is 6. The van der Waals surface area contributed by atoms with Gasteiger partial charge in [-0.2, -0.15) is 0 Å². The van der Waals surface area contributed by atoms with Crippen molar-refractivity contribution in [2.75, 3.05) is 19.0 Å². The third kappa shape index (κ3) is 4.41. The minimum absolute atomic E-state index is 0.134. The van der Waals surface area contributed by atoms with E-state index in [0.717, 1.165) is 16.1 Å². The minimum atomic E-state index is -0.423. The lowest BCUT2D eigenvalue weighted by Gasteiger charge is -2.24. The number of carbonyl (C=O) groups is 2. The standard InChI is InChI=1S/C19H20N2O3S/c1-24-15(13-7-3-2-4-8-13)12-20-18(22)11-17-19(23)21-14-9-5-6-10-16(14)25-17/h2-10,15,17H,11-12H2,1H3,(H,20,22)(H,21,23). The summed E-state index contributed by atoms with van der Waals surface area (Å²) in [5.74, 6) is -0.296. The van der Waals surface area contributed by atoms with Crippen molar-refractivity contribution in [1.29, 1.82) is 0 Å². The van der Waals surface area contributed by atoms with Crippen LogP contribution in [-0.4, -0.2) is 30.7 Å². The maximum Gasteiger partial charge on any atom is 0.238 e. The lowest BCUT2D eigenvalue weighted by molar-refractivity contribution is -0.124. The molecule has 2 amide bonds. The van der Waals surface area contributed by atoms with Gasteiger partial charge in [-0.25, -0.2) is 0 Å². The Morgan fingerprint density at radius 2 is 1.92 bits per heavy atom. The van der Waals surface area contributed by atoms with Crippen LogP contribution in [0.25, 0.3) is 0 Å². The third-order valence-electron chi connectivity index (χ3n) is 4.02. The number of carbonyl (C=O) groups excluding carboxylic acids is 2. The van der Waals surface area contributed by atoms with Gasteiger partial charge in [0.05, 0.1) is 17.0 Å². The molecule has 25 heavy (non-hydrogen) atoms. The van der Waals surface area contributed by atoms with E-state index >= 15 is 0 Å². The predicted molar refractivity (Wildman–Crippen MR) is 98.5 cm³/mol. The molecule has 0 aliphatic carbocycles. The van der Waals surface area contributed by atoms with Crippen LogP contribution in [0.1, 0.15) is 18.1 Å². The Balaban J connectivity index is 1.55. The molecule has 0 spiro atoms. The molecule has 2 atom stereocenters. The molecule has 0 radical (unpaired) electrons. The molecule has 3 rings (SSSR count). The summed E-state index contributed by atoms with van der Waals surface area (Å²) in [7, 11) is 1.62. The summed E-state index contributed by atoms with van der Waals surface area (Å²) in [5, 5.41) is 5.30. The molecule has 2 aromatic rings. The Hall–Kier alpha value is -2.31. The van der Waals surface area contributed by atoms with Crippen LogP contribution in [0.3, 0.4) is 0 Å². The normalized spacial score (nSPS) is 17.3. The summed E-state index contributed by atoms with van der Waals surface area (Å²) in [5.41, 5.74) is 1.81. The van der Waals surface area contributed by atoms with E-state index in [1.807, 2.05) is 54.6 Å². The highest BCUT2D eigenvalue weighted by molar-refractivity contribution is 8.01. The zero-order valence-electron chi connectivity index (χ0n) is 13.9. The van der Waals surface area contributed by atoms with Gasteiger partial charge in [0.15, 0.2) is 0 Å². The van der Waals surface area contributed by atoms with Gasteiger partial charge in [-0.15, -0.1) is 11.8 Å². The monoisotopic (exact) mass is 356 g/mol. The average Bonchev–Trinajstić information content (AvgIpc) is 2.64. The van der Waals surface area contributed by atoms with Crippen molar-refractivity contribution in [3.63, 3.8) is 0 Å². The molecule has 0 saturated heterocycles. The molecule has 0 saturated carbocycles. The number of thioether (sulfide) groups is 1. The summed E-state index contributed by atoms with van der Waals surface area (Å²) in [4.78, 5) is 25.4. The van der Waals surface area contributed by atoms with E-state index in [9.17, 15) is 9.59 Å². The predicted octanol–water partition coefficient (Wildman–Crippen LogP) is 2.99. The summed E-state index contributed by atoms with van der Waals surface area (Å²) in [6.07, 6.45) is -0.0745. The molecular formula is C19H20N2O3S. The van der Waals surface area contributed by atoms with E-state index in [1.54, 1.807) is 7.11 Å². The molecule has 1 aliphatic rings. The van der Waals surface area contributed by atoms with Crippen LogP contribution in [0.2, 0.25) is 0 Å². The highest BCUT2D eigenvalue weighted by atomic mass is 32.2. The van der Waals surface area contributed by atoms with E-state index in [1.165, 1.54) is 11.8 Å². The van der Waals surface area contributed by atoms with Gasteiger partial charge in [-0.1, -0.05) is 42.5 Å². The number of hydrogen-bond donors (Lipinski definition) is 2. The van der Waals surface area contributed by atoms with Crippen molar-refractivity contribution in [2.24, 2.45) is 0 Å². The van der Waals surface area contributed by atoms with Crippen LogP contribution in [0.15, 0.2) is 59.5 Å². The smallest absolute Gasteiger partial charge is 0.238 e. The highest BCUT2D eigenvalue weighted by Gasteiger charge is 2.28. The lowest BCUT2D eigenvalue weighted by Crippen LogP contribution is -2.36. The van der Waals surface area contributed by atoms with E-state index in [2.05, 4.69) is 10.6 Å². The molecular weight excluding hydrogens is 336 g/mol. The number of ether oxygens (including phenoxy) is 1. The van der Waals surface area contributed by atoms with Crippen LogP contribution < -0.4 is 10.6 Å². The second kappa shape index (κ2) is 8.18. The number of anilines is 1. The van der Waals surface area contributed by atoms with Crippen molar-refractivity contribution in [3.05, 3.63) is 60.2 Å². The third-order valence-corrected chi connectivity index (χ3v) is 5.29. The number of methoxy groups -OCH3 is 1. The Bertz CT molecular complexity index is 751. The summed E-state index contributed by atoms with van der Waals surface area (Å²) < 4.78 is 5.45. The summed E-state index contributed by atoms with van der Waals surface area (Å²) in [6, 6.07) is 17.3. The van der Waals surface area contributed by atoms with Crippen molar-refractivity contribution in [2.45, 2.75) is 22.7 Å². The van der Waals surface area contributed by atoms with Gasteiger partial charge in [0.25, 0.3) is 0 Å². The van der Waals surface area contributed by atoms with Crippen molar-refractivity contribution >= 4 is 29.3 Å². The fourth-order valence-corrected chi connectivity index (χ4v) is 3.79. The van der Waals surface area contributed by atoms with E-state index < -0.39 is 5.25 Å². The number of amides is 2. The number of hydrogen-bond acceptors (Lipinski definition) is 4. The first-order valence-corrected chi connectivity index (χ1v) is 8.96. The molecule has 6 heteroatoms. The first-order valence-electron chi connectivity index (χ1n) is 8.08. The van der Waals surface area contributed by atoms with E-state index in [4.69, 9.17) is 4.74 Å². The summed E-state index contributed by atoms with van der Waals surface area (Å²) in [6.45, 7) is 0.370. The molecule has 2 aromatic carbocycles. The Labute approximate surface area is 151 Å². The fraction of sp³-hybridized carbons (Fsp3) is 0.263. The maximum atomic E-state index is 12.3. The second-order valence-corrected chi connectivity index (χ2v) is 6.98. The molecule has 130 valence electrons. The number of fused-ring (bicyclic) bond motifs is 1. The molecule has 1 aliphatic heterocycles. The molecule has 0 fully saturated rings. The molecule has 0 aromatic heterocycles. The van der Waals surface area contributed by atoms with Gasteiger partial charge in [-0.3, -0.25) is 9.59 Å². The molecule has 1 heterocycles. The van der Waals surface area contributed by atoms with Crippen LogP contribution >= 0.6 is 11.8 Å². The van der Waals surface area contributed by atoms with Crippen molar-refractivity contribution in [1.82, 2.24) is 5.32 Å². The van der Waals surface area contributed by atoms with Crippen molar-refractivity contribution in [3.8, 4) is 0 Å². The fourth-order valence-electron chi connectivity index (χ4n) is 2.68. The quantitative estimate of drug-likeness (QED) is 0.835. The Morgan fingerprint density at radius 1 is 1.20 bits per heavy atom. The van der Waals surface area contributed by atoms with Gasteiger partial charge >= 0.3 is 0 Å². The Morgan fingerprint density at radius 3 is 2.68 bits per heavy atom.